The second kappa shape index (κ2) is 7.67. The first-order chi connectivity index (χ1) is 12.4. The molecule has 0 atom stereocenters. The van der Waals surface area contributed by atoms with Gasteiger partial charge in [0.1, 0.15) is 0 Å². The Balaban J connectivity index is 1.46. The molecule has 1 heterocycles. The Labute approximate surface area is 151 Å². The number of nitrogens with one attached hydrogen (secondary N) is 1. The molecule has 3 aromatic rings. The van der Waals surface area contributed by atoms with Crippen molar-refractivity contribution in [1.29, 1.82) is 0 Å². The maximum absolute atomic E-state index is 12.0. The highest BCUT2D eigenvalue weighted by Crippen LogP contribution is 2.12. The Morgan fingerprint density at radius 2 is 1.85 bits per heavy atom. The Hall–Kier alpha value is -2.71. The Morgan fingerprint density at radius 1 is 1.12 bits per heavy atom. The fourth-order valence-corrected chi connectivity index (χ4v) is 3.21. The highest BCUT2D eigenvalue weighted by atomic mass is 32.2. The van der Waals surface area contributed by atoms with Crippen molar-refractivity contribution in [2.45, 2.75) is 24.3 Å². The van der Waals surface area contributed by atoms with E-state index in [-0.39, 0.29) is 10.8 Å². The number of hydrogen-bond donors (Lipinski definition) is 2. The standard InChI is InChI=1S/C18H20N4O3S/c19-26(24,25)15-7-5-14(6-8-15)9-11-20-18(23)10-12-22-13-21-16-3-1-2-4-17(16)22/h1-8,13H,9-12H2,(H,20,23)(H2,19,24,25). The summed E-state index contributed by atoms with van der Waals surface area (Å²) in [4.78, 5) is 16.4. The van der Waals surface area contributed by atoms with Crippen LogP contribution in [0.3, 0.4) is 0 Å². The molecule has 0 fully saturated rings. The predicted octanol–water partition coefficient (Wildman–Crippen LogP) is 1.43. The number of sulfonamides is 1. The molecule has 0 radical (unpaired) electrons. The number of carbonyl (C=O) groups excluding carboxylic acids is 1. The number of rotatable bonds is 7. The van der Waals surface area contributed by atoms with Gasteiger partial charge in [0.05, 0.1) is 22.3 Å². The number of benzene rings is 2. The molecule has 26 heavy (non-hydrogen) atoms. The number of amides is 1. The SMILES string of the molecule is NS(=O)(=O)c1ccc(CCNC(=O)CCn2cnc3ccccc32)cc1. The largest absolute Gasteiger partial charge is 0.356 e. The van der Waals surface area contributed by atoms with Gasteiger partial charge in [-0.25, -0.2) is 18.5 Å². The van der Waals surface area contributed by atoms with Crippen molar-refractivity contribution >= 4 is 27.0 Å². The molecule has 2 aromatic carbocycles. The number of aryl methyl sites for hydroxylation is 1. The minimum Gasteiger partial charge on any atom is -0.356 e. The summed E-state index contributed by atoms with van der Waals surface area (Å²) in [6.45, 7) is 1.05. The molecule has 0 saturated carbocycles. The lowest BCUT2D eigenvalue weighted by Crippen LogP contribution is -2.26. The number of fused-ring (bicyclic) bond motifs is 1. The van der Waals surface area contributed by atoms with Gasteiger partial charge in [0, 0.05) is 19.5 Å². The van der Waals surface area contributed by atoms with Crippen LogP contribution in [0.4, 0.5) is 0 Å². The van der Waals surface area contributed by atoms with Gasteiger partial charge in [-0.05, 0) is 36.2 Å². The summed E-state index contributed by atoms with van der Waals surface area (Å²) in [7, 11) is -3.68. The molecule has 1 aromatic heterocycles. The zero-order valence-electron chi connectivity index (χ0n) is 14.1. The first-order valence-corrected chi connectivity index (χ1v) is 9.76. The van der Waals surface area contributed by atoms with Gasteiger partial charge < -0.3 is 9.88 Å². The monoisotopic (exact) mass is 372 g/mol. The van der Waals surface area contributed by atoms with Crippen LogP contribution in [0.2, 0.25) is 0 Å². The molecule has 3 N–H and O–H groups in total. The third kappa shape index (κ3) is 4.47. The summed E-state index contributed by atoms with van der Waals surface area (Å²) >= 11 is 0. The fraction of sp³-hybridized carbons (Fsp3) is 0.222. The van der Waals surface area contributed by atoms with Gasteiger partial charge in [0.2, 0.25) is 15.9 Å². The molecule has 0 saturated heterocycles. The molecule has 7 nitrogen and oxygen atoms in total. The molecule has 3 rings (SSSR count). The van der Waals surface area contributed by atoms with E-state index in [0.717, 1.165) is 16.6 Å². The average Bonchev–Trinajstić information content (AvgIpc) is 3.03. The summed E-state index contributed by atoms with van der Waals surface area (Å²) in [6.07, 6.45) is 2.72. The normalized spacial score (nSPS) is 11.6. The average molecular weight is 372 g/mol. The highest BCUT2D eigenvalue weighted by molar-refractivity contribution is 7.89. The van der Waals surface area contributed by atoms with Gasteiger partial charge in [-0.2, -0.15) is 0 Å². The number of carbonyl (C=O) groups is 1. The summed E-state index contributed by atoms with van der Waals surface area (Å²) in [5.74, 6) is -0.0380. The van der Waals surface area contributed by atoms with Crippen LogP contribution >= 0.6 is 0 Å². The maximum atomic E-state index is 12.0. The molecule has 0 aliphatic heterocycles. The third-order valence-corrected chi connectivity index (χ3v) is 5.02. The minimum atomic E-state index is -3.68. The zero-order chi connectivity index (χ0) is 18.6. The van der Waals surface area contributed by atoms with E-state index in [4.69, 9.17) is 5.14 Å². The fourth-order valence-electron chi connectivity index (χ4n) is 2.69. The van der Waals surface area contributed by atoms with Crippen LogP contribution in [0.25, 0.3) is 11.0 Å². The van der Waals surface area contributed by atoms with E-state index in [2.05, 4.69) is 10.3 Å². The van der Waals surface area contributed by atoms with Crippen LogP contribution in [0, 0.1) is 0 Å². The van der Waals surface area contributed by atoms with Crippen molar-refractivity contribution in [3.05, 3.63) is 60.4 Å². The van der Waals surface area contributed by atoms with E-state index in [0.29, 0.717) is 25.9 Å². The molecule has 1 amide bonds. The van der Waals surface area contributed by atoms with E-state index in [1.807, 2.05) is 28.8 Å². The van der Waals surface area contributed by atoms with Crippen molar-refractivity contribution in [2.24, 2.45) is 5.14 Å². The number of hydrogen-bond acceptors (Lipinski definition) is 4. The molecule has 0 aliphatic carbocycles. The van der Waals surface area contributed by atoms with Crippen molar-refractivity contribution < 1.29 is 13.2 Å². The van der Waals surface area contributed by atoms with Gasteiger partial charge in [-0.15, -0.1) is 0 Å². The van der Waals surface area contributed by atoms with Crippen LogP contribution in [-0.4, -0.2) is 30.4 Å². The summed E-state index contributed by atoms with van der Waals surface area (Å²) < 4.78 is 24.4. The summed E-state index contributed by atoms with van der Waals surface area (Å²) in [5.41, 5.74) is 2.85. The van der Waals surface area contributed by atoms with E-state index in [1.165, 1.54) is 12.1 Å². The molecule has 0 spiro atoms. The highest BCUT2D eigenvalue weighted by Gasteiger charge is 2.07. The molecule has 8 heteroatoms. The first kappa shape index (κ1) is 18.1. The van der Waals surface area contributed by atoms with Crippen LogP contribution in [0.15, 0.2) is 59.8 Å². The van der Waals surface area contributed by atoms with Gasteiger partial charge in [-0.1, -0.05) is 24.3 Å². The number of aromatic nitrogens is 2. The second-order valence-corrected chi connectivity index (χ2v) is 7.53. The van der Waals surface area contributed by atoms with Crippen molar-refractivity contribution in [3.63, 3.8) is 0 Å². The molecule has 0 aliphatic rings. The van der Waals surface area contributed by atoms with Crippen LogP contribution in [-0.2, 0) is 27.8 Å². The van der Waals surface area contributed by atoms with Crippen LogP contribution < -0.4 is 10.5 Å². The third-order valence-electron chi connectivity index (χ3n) is 4.09. The number of nitrogens with zero attached hydrogens (tertiary/aromatic N) is 2. The zero-order valence-corrected chi connectivity index (χ0v) is 14.9. The Kier molecular flexibility index (Phi) is 5.34. The lowest BCUT2D eigenvalue weighted by Gasteiger charge is -2.07. The van der Waals surface area contributed by atoms with Crippen molar-refractivity contribution in [2.75, 3.05) is 6.54 Å². The van der Waals surface area contributed by atoms with Gasteiger partial charge in [0.15, 0.2) is 0 Å². The lowest BCUT2D eigenvalue weighted by molar-refractivity contribution is -0.121. The number of nitrogens with two attached hydrogens (primary N) is 1. The van der Waals surface area contributed by atoms with Crippen LogP contribution in [0.5, 0.6) is 0 Å². The van der Waals surface area contributed by atoms with Gasteiger partial charge >= 0.3 is 0 Å². The maximum Gasteiger partial charge on any atom is 0.238 e. The molecular formula is C18H20N4O3S. The number of para-hydroxylation sites is 2. The Morgan fingerprint density at radius 3 is 2.58 bits per heavy atom. The smallest absolute Gasteiger partial charge is 0.238 e. The van der Waals surface area contributed by atoms with E-state index in [9.17, 15) is 13.2 Å². The van der Waals surface area contributed by atoms with E-state index >= 15 is 0 Å². The number of imidazole rings is 1. The minimum absolute atomic E-state index is 0.0380. The quantitative estimate of drug-likeness (QED) is 0.654. The molecule has 0 unspecified atom stereocenters. The van der Waals surface area contributed by atoms with E-state index < -0.39 is 10.0 Å². The van der Waals surface area contributed by atoms with Gasteiger partial charge in [0.25, 0.3) is 0 Å². The Bertz CT molecular complexity index is 1010. The second-order valence-electron chi connectivity index (χ2n) is 5.97. The van der Waals surface area contributed by atoms with E-state index in [1.54, 1.807) is 18.5 Å². The summed E-state index contributed by atoms with van der Waals surface area (Å²) in [5, 5.41) is 7.93. The van der Waals surface area contributed by atoms with Crippen molar-refractivity contribution in [3.8, 4) is 0 Å². The van der Waals surface area contributed by atoms with Crippen molar-refractivity contribution in [1.82, 2.24) is 14.9 Å². The van der Waals surface area contributed by atoms with Crippen LogP contribution in [0.1, 0.15) is 12.0 Å². The topological polar surface area (TPSA) is 107 Å². The summed E-state index contributed by atoms with van der Waals surface area (Å²) in [6, 6.07) is 14.1. The molecule has 136 valence electrons. The lowest BCUT2D eigenvalue weighted by atomic mass is 10.1. The predicted molar refractivity (Wildman–Crippen MR) is 98.9 cm³/mol. The molecular weight excluding hydrogens is 352 g/mol. The first-order valence-electron chi connectivity index (χ1n) is 8.22. The molecule has 0 bridgehead atoms. The van der Waals surface area contributed by atoms with Gasteiger partial charge in [-0.3, -0.25) is 4.79 Å². The number of primary sulfonamides is 1.